The van der Waals surface area contributed by atoms with Gasteiger partial charge in [0.25, 0.3) is 0 Å². The van der Waals surface area contributed by atoms with Gasteiger partial charge in [0.15, 0.2) is 0 Å². The van der Waals surface area contributed by atoms with E-state index in [1.54, 1.807) is 13.0 Å². The van der Waals surface area contributed by atoms with E-state index < -0.39 is 0 Å². The van der Waals surface area contributed by atoms with Crippen LogP contribution in [0.5, 0.6) is 0 Å². The molecule has 1 nitrogen and oxygen atoms in total. The number of halogens is 2. The molecule has 1 saturated heterocycles. The largest absolute Gasteiger partial charge is 0.310 e. The van der Waals surface area contributed by atoms with Gasteiger partial charge in [0.1, 0.15) is 5.82 Å². The lowest BCUT2D eigenvalue weighted by Gasteiger charge is -2.14. The Labute approximate surface area is 88.3 Å². The molecule has 1 aliphatic rings. The van der Waals surface area contributed by atoms with Crippen LogP contribution in [0.25, 0.3) is 0 Å². The molecule has 3 heteroatoms. The van der Waals surface area contributed by atoms with Crippen molar-refractivity contribution < 1.29 is 4.39 Å². The van der Waals surface area contributed by atoms with Gasteiger partial charge in [-0.1, -0.05) is 17.7 Å². The summed E-state index contributed by atoms with van der Waals surface area (Å²) in [4.78, 5) is 0. The van der Waals surface area contributed by atoms with Crippen LogP contribution < -0.4 is 5.32 Å². The van der Waals surface area contributed by atoms with E-state index in [9.17, 15) is 4.39 Å². The van der Waals surface area contributed by atoms with Crippen LogP contribution in [0.3, 0.4) is 0 Å². The summed E-state index contributed by atoms with van der Waals surface area (Å²) in [5, 5.41) is 3.93. The van der Waals surface area contributed by atoms with Gasteiger partial charge in [-0.05, 0) is 37.9 Å². The molecule has 0 spiro atoms. The highest BCUT2D eigenvalue weighted by atomic mass is 35.5. The highest BCUT2D eigenvalue weighted by Gasteiger charge is 2.20. The van der Waals surface area contributed by atoms with Crippen molar-refractivity contribution in [3.8, 4) is 0 Å². The molecule has 1 aromatic rings. The molecule has 2 rings (SSSR count). The molecule has 14 heavy (non-hydrogen) atoms. The first-order valence-electron chi connectivity index (χ1n) is 4.88. The molecule has 1 aromatic carbocycles. The lowest BCUT2D eigenvalue weighted by Crippen LogP contribution is -2.13. The molecule has 76 valence electrons. The minimum Gasteiger partial charge on any atom is -0.310 e. The smallest absolute Gasteiger partial charge is 0.127 e. The monoisotopic (exact) mass is 213 g/mol. The quantitative estimate of drug-likeness (QED) is 0.756. The predicted octanol–water partition coefficient (Wildman–Crippen LogP) is 3.21. The lowest BCUT2D eigenvalue weighted by molar-refractivity contribution is 0.609. The highest BCUT2D eigenvalue weighted by Crippen LogP contribution is 2.32. The average molecular weight is 214 g/mol. The Morgan fingerprint density at radius 1 is 1.50 bits per heavy atom. The third-order valence-electron chi connectivity index (χ3n) is 2.79. The summed E-state index contributed by atoms with van der Waals surface area (Å²) in [7, 11) is 0. The second kappa shape index (κ2) is 3.87. The molecule has 1 heterocycles. The fourth-order valence-electron chi connectivity index (χ4n) is 1.90. The van der Waals surface area contributed by atoms with Gasteiger partial charge in [0.2, 0.25) is 0 Å². The standard InChI is InChI=1S/C11H13ClFN/c1-7-9(13)5-4-8(11(7)12)10-3-2-6-14-10/h4-5,10,14H,2-3,6H2,1H3. The van der Waals surface area contributed by atoms with Crippen molar-refractivity contribution >= 4 is 11.6 Å². The van der Waals surface area contributed by atoms with Crippen molar-refractivity contribution in [2.24, 2.45) is 0 Å². The van der Waals surface area contributed by atoms with Gasteiger partial charge in [-0.2, -0.15) is 0 Å². The maximum atomic E-state index is 13.1. The Kier molecular flexibility index (Phi) is 2.75. The lowest BCUT2D eigenvalue weighted by atomic mass is 10.0. The van der Waals surface area contributed by atoms with E-state index in [1.165, 1.54) is 6.07 Å². The van der Waals surface area contributed by atoms with Crippen LogP contribution in [0.15, 0.2) is 12.1 Å². The Morgan fingerprint density at radius 3 is 2.93 bits per heavy atom. The van der Waals surface area contributed by atoms with E-state index in [0.29, 0.717) is 16.6 Å². The van der Waals surface area contributed by atoms with Crippen molar-refractivity contribution in [1.29, 1.82) is 0 Å². The van der Waals surface area contributed by atoms with E-state index in [1.807, 2.05) is 0 Å². The zero-order chi connectivity index (χ0) is 10.1. The van der Waals surface area contributed by atoms with Crippen LogP contribution in [-0.4, -0.2) is 6.54 Å². The van der Waals surface area contributed by atoms with E-state index in [4.69, 9.17) is 11.6 Å². The van der Waals surface area contributed by atoms with E-state index in [2.05, 4.69) is 5.32 Å². The maximum absolute atomic E-state index is 13.1. The molecule has 1 unspecified atom stereocenters. The van der Waals surface area contributed by atoms with E-state index in [0.717, 1.165) is 24.9 Å². The van der Waals surface area contributed by atoms with Crippen LogP contribution in [0.2, 0.25) is 5.02 Å². The van der Waals surface area contributed by atoms with Gasteiger partial charge in [0, 0.05) is 11.6 Å². The molecule has 1 atom stereocenters. The fourth-order valence-corrected chi connectivity index (χ4v) is 2.19. The fraction of sp³-hybridized carbons (Fsp3) is 0.455. The van der Waals surface area contributed by atoms with Gasteiger partial charge in [-0.15, -0.1) is 0 Å². The number of hydrogen-bond acceptors (Lipinski definition) is 1. The SMILES string of the molecule is Cc1c(F)ccc(C2CCCN2)c1Cl. The van der Waals surface area contributed by atoms with E-state index in [-0.39, 0.29) is 5.82 Å². The zero-order valence-electron chi connectivity index (χ0n) is 8.11. The number of nitrogens with one attached hydrogen (secondary N) is 1. The summed E-state index contributed by atoms with van der Waals surface area (Å²) in [6.07, 6.45) is 2.25. The maximum Gasteiger partial charge on any atom is 0.127 e. The average Bonchev–Trinajstić information content (AvgIpc) is 2.67. The van der Waals surface area contributed by atoms with Crippen molar-refractivity contribution in [1.82, 2.24) is 5.32 Å². The number of benzene rings is 1. The number of rotatable bonds is 1. The summed E-state index contributed by atoms with van der Waals surface area (Å²) in [5.41, 5.74) is 1.58. The van der Waals surface area contributed by atoms with Crippen molar-refractivity contribution in [2.45, 2.75) is 25.8 Å². The Morgan fingerprint density at radius 2 is 2.29 bits per heavy atom. The molecule has 1 N–H and O–H groups in total. The first kappa shape index (κ1) is 9.94. The molecule has 0 aliphatic carbocycles. The summed E-state index contributed by atoms with van der Waals surface area (Å²) in [6.45, 7) is 2.74. The molecule has 1 fully saturated rings. The molecule has 0 amide bonds. The Bertz CT molecular complexity index is 345. The molecular weight excluding hydrogens is 201 g/mol. The van der Waals surface area contributed by atoms with Crippen molar-refractivity contribution in [2.75, 3.05) is 6.54 Å². The summed E-state index contributed by atoms with van der Waals surface area (Å²) < 4.78 is 13.1. The minimum absolute atomic E-state index is 0.225. The molecule has 0 bridgehead atoms. The van der Waals surface area contributed by atoms with Gasteiger partial charge < -0.3 is 5.32 Å². The minimum atomic E-state index is -0.225. The summed E-state index contributed by atoms with van der Waals surface area (Å²) in [5.74, 6) is -0.225. The first-order valence-corrected chi connectivity index (χ1v) is 5.26. The van der Waals surface area contributed by atoms with Crippen LogP contribution in [0, 0.1) is 12.7 Å². The summed E-state index contributed by atoms with van der Waals surface area (Å²) in [6, 6.07) is 3.59. The third kappa shape index (κ3) is 1.64. The number of hydrogen-bond donors (Lipinski definition) is 1. The second-order valence-corrected chi connectivity index (χ2v) is 4.10. The van der Waals surface area contributed by atoms with E-state index >= 15 is 0 Å². The van der Waals surface area contributed by atoms with Gasteiger partial charge in [-0.25, -0.2) is 4.39 Å². The highest BCUT2D eigenvalue weighted by molar-refractivity contribution is 6.32. The third-order valence-corrected chi connectivity index (χ3v) is 3.29. The Balaban J connectivity index is 2.38. The second-order valence-electron chi connectivity index (χ2n) is 3.72. The van der Waals surface area contributed by atoms with Crippen molar-refractivity contribution in [3.05, 3.63) is 34.1 Å². The van der Waals surface area contributed by atoms with Crippen LogP contribution in [-0.2, 0) is 0 Å². The van der Waals surface area contributed by atoms with Crippen LogP contribution in [0.4, 0.5) is 4.39 Å². The Hall–Kier alpha value is -0.600. The molecule has 0 saturated carbocycles. The van der Waals surface area contributed by atoms with Crippen LogP contribution in [0.1, 0.15) is 30.0 Å². The molecule has 0 radical (unpaired) electrons. The molecule has 0 aromatic heterocycles. The molecule has 1 aliphatic heterocycles. The van der Waals surface area contributed by atoms with Gasteiger partial charge in [-0.3, -0.25) is 0 Å². The summed E-state index contributed by atoms with van der Waals surface area (Å²) >= 11 is 6.10. The normalized spacial score (nSPS) is 21.5. The van der Waals surface area contributed by atoms with Gasteiger partial charge >= 0.3 is 0 Å². The molecular formula is C11H13ClFN. The van der Waals surface area contributed by atoms with Crippen molar-refractivity contribution in [3.63, 3.8) is 0 Å². The van der Waals surface area contributed by atoms with Gasteiger partial charge in [0.05, 0.1) is 5.02 Å². The first-order chi connectivity index (χ1) is 6.70. The zero-order valence-corrected chi connectivity index (χ0v) is 8.87. The predicted molar refractivity (Wildman–Crippen MR) is 56.1 cm³/mol. The topological polar surface area (TPSA) is 12.0 Å². The van der Waals surface area contributed by atoms with Crippen LogP contribution >= 0.6 is 11.6 Å².